The van der Waals surface area contributed by atoms with E-state index in [1.807, 2.05) is 39.0 Å². The van der Waals surface area contributed by atoms with E-state index in [1.54, 1.807) is 0 Å². The summed E-state index contributed by atoms with van der Waals surface area (Å²) in [6.07, 6.45) is 2.15. The number of aliphatic hydroxyl groups is 1. The first-order valence-electron chi connectivity index (χ1n) is 7.16. The summed E-state index contributed by atoms with van der Waals surface area (Å²) in [6, 6.07) is 5.62. The zero-order chi connectivity index (χ0) is 14.8. The number of fused-ring (bicyclic) bond motifs is 1. The Hall–Kier alpha value is -1.55. The predicted octanol–water partition coefficient (Wildman–Crippen LogP) is 2.35. The summed E-state index contributed by atoms with van der Waals surface area (Å²) in [7, 11) is 0. The van der Waals surface area contributed by atoms with Crippen LogP contribution in [0.5, 0.6) is 5.75 Å². The minimum Gasteiger partial charge on any atom is -0.484 e. The van der Waals surface area contributed by atoms with Crippen LogP contribution in [0.25, 0.3) is 0 Å². The number of carbonyl (C=O) groups is 1. The summed E-state index contributed by atoms with van der Waals surface area (Å²) in [5.41, 5.74) is 1.89. The van der Waals surface area contributed by atoms with Gasteiger partial charge in [-0.2, -0.15) is 0 Å². The normalized spacial score (nSPS) is 17.7. The van der Waals surface area contributed by atoms with Gasteiger partial charge < -0.3 is 15.2 Å². The number of aliphatic hydroxyl groups excluding tert-OH is 1. The van der Waals surface area contributed by atoms with Crippen LogP contribution >= 0.6 is 0 Å². The molecule has 0 spiro atoms. The lowest BCUT2D eigenvalue weighted by Gasteiger charge is -2.24. The maximum Gasteiger partial charge on any atom is 0.258 e. The van der Waals surface area contributed by atoms with Crippen LogP contribution in [-0.4, -0.2) is 23.2 Å². The lowest BCUT2D eigenvalue weighted by Crippen LogP contribution is -2.44. The van der Waals surface area contributed by atoms with Gasteiger partial charge in [0.15, 0.2) is 6.61 Å². The highest BCUT2D eigenvalue weighted by molar-refractivity contribution is 5.78. The van der Waals surface area contributed by atoms with Crippen LogP contribution in [0.4, 0.5) is 0 Å². The molecule has 2 rings (SSSR count). The lowest BCUT2D eigenvalue weighted by molar-refractivity contribution is -0.124. The monoisotopic (exact) mass is 277 g/mol. The maximum absolute atomic E-state index is 11.8. The van der Waals surface area contributed by atoms with Crippen LogP contribution < -0.4 is 10.1 Å². The van der Waals surface area contributed by atoms with Crippen LogP contribution in [-0.2, 0) is 11.2 Å². The van der Waals surface area contributed by atoms with E-state index in [0.717, 1.165) is 30.4 Å². The van der Waals surface area contributed by atoms with E-state index >= 15 is 0 Å². The van der Waals surface area contributed by atoms with Crippen LogP contribution in [0, 0.1) is 0 Å². The summed E-state index contributed by atoms with van der Waals surface area (Å²) in [5.74, 6) is 0.569. The van der Waals surface area contributed by atoms with Crippen LogP contribution in [0.2, 0.25) is 0 Å². The lowest BCUT2D eigenvalue weighted by atomic mass is 10.0. The first-order chi connectivity index (χ1) is 9.41. The first-order valence-corrected chi connectivity index (χ1v) is 7.16. The fraction of sp³-hybridized carbons (Fsp3) is 0.562. The SMILES string of the molecule is CCC(C)(C)NC(=O)COc1ccc2c(c1)CC[C@H]2O. The number of ether oxygens (including phenoxy) is 1. The molecule has 0 saturated carbocycles. The molecule has 0 aliphatic heterocycles. The highest BCUT2D eigenvalue weighted by atomic mass is 16.5. The molecule has 0 radical (unpaired) electrons. The third-order valence-electron chi connectivity index (χ3n) is 3.89. The molecule has 0 heterocycles. The van der Waals surface area contributed by atoms with E-state index < -0.39 is 0 Å². The molecule has 4 heteroatoms. The Bertz CT molecular complexity index is 496. The Morgan fingerprint density at radius 2 is 2.25 bits per heavy atom. The Balaban J connectivity index is 1.90. The number of amides is 1. The number of rotatable bonds is 5. The first kappa shape index (κ1) is 14.9. The van der Waals surface area contributed by atoms with Gasteiger partial charge in [-0.25, -0.2) is 0 Å². The molecular formula is C16H23NO3. The zero-order valence-electron chi connectivity index (χ0n) is 12.4. The number of carbonyl (C=O) groups excluding carboxylic acids is 1. The molecule has 0 bridgehead atoms. The summed E-state index contributed by atoms with van der Waals surface area (Å²) >= 11 is 0. The average molecular weight is 277 g/mol. The van der Waals surface area contributed by atoms with E-state index in [1.165, 1.54) is 0 Å². The second-order valence-electron chi connectivity index (χ2n) is 5.99. The Kier molecular flexibility index (Phi) is 4.33. The third-order valence-corrected chi connectivity index (χ3v) is 3.89. The molecule has 1 aromatic rings. The fourth-order valence-electron chi connectivity index (χ4n) is 2.31. The molecule has 0 fully saturated rings. The maximum atomic E-state index is 11.8. The van der Waals surface area contributed by atoms with Crippen molar-refractivity contribution in [1.29, 1.82) is 0 Å². The van der Waals surface area contributed by atoms with Crippen molar-refractivity contribution < 1.29 is 14.6 Å². The molecule has 0 saturated heterocycles. The van der Waals surface area contributed by atoms with Crippen LogP contribution in [0.1, 0.15) is 50.8 Å². The predicted molar refractivity (Wildman–Crippen MR) is 77.7 cm³/mol. The van der Waals surface area contributed by atoms with Gasteiger partial charge in [0.25, 0.3) is 5.91 Å². The van der Waals surface area contributed by atoms with Gasteiger partial charge in [0.05, 0.1) is 6.10 Å². The molecule has 20 heavy (non-hydrogen) atoms. The minimum atomic E-state index is -0.354. The molecular weight excluding hydrogens is 254 g/mol. The van der Waals surface area contributed by atoms with Gasteiger partial charge in [-0.05, 0) is 56.4 Å². The summed E-state index contributed by atoms with van der Waals surface area (Å²) in [6.45, 7) is 6.03. The van der Waals surface area contributed by atoms with Crippen molar-refractivity contribution >= 4 is 5.91 Å². The zero-order valence-corrected chi connectivity index (χ0v) is 12.4. The Labute approximate surface area is 120 Å². The molecule has 110 valence electrons. The van der Waals surface area contributed by atoms with Gasteiger partial charge in [0, 0.05) is 5.54 Å². The molecule has 1 aromatic carbocycles. The second kappa shape index (κ2) is 5.83. The Morgan fingerprint density at radius 3 is 2.95 bits per heavy atom. The van der Waals surface area contributed by atoms with E-state index in [2.05, 4.69) is 5.32 Å². The highest BCUT2D eigenvalue weighted by Gasteiger charge is 2.21. The topological polar surface area (TPSA) is 58.6 Å². The van der Waals surface area contributed by atoms with Crippen molar-refractivity contribution in [2.24, 2.45) is 0 Å². The smallest absolute Gasteiger partial charge is 0.258 e. The van der Waals surface area contributed by atoms with Crippen LogP contribution in [0.3, 0.4) is 0 Å². The van der Waals surface area contributed by atoms with Crippen molar-refractivity contribution in [3.8, 4) is 5.75 Å². The standard InChI is InChI=1S/C16H23NO3/c1-4-16(2,3)17-15(19)10-20-12-6-7-13-11(9-12)5-8-14(13)18/h6-7,9,14,18H,4-5,8,10H2,1-3H3,(H,17,19)/t14-/m1/s1. The molecule has 1 aliphatic carbocycles. The number of aryl methyl sites for hydroxylation is 1. The Morgan fingerprint density at radius 1 is 1.50 bits per heavy atom. The minimum absolute atomic E-state index is 0.0186. The van der Waals surface area contributed by atoms with E-state index in [4.69, 9.17) is 4.74 Å². The average Bonchev–Trinajstić information content (AvgIpc) is 2.77. The van der Waals surface area contributed by atoms with Crippen molar-refractivity contribution in [3.05, 3.63) is 29.3 Å². The molecule has 2 N–H and O–H groups in total. The summed E-state index contributed by atoms with van der Waals surface area (Å²) in [4.78, 5) is 11.8. The van der Waals surface area contributed by atoms with Gasteiger partial charge in [-0.3, -0.25) is 4.79 Å². The third kappa shape index (κ3) is 3.51. The molecule has 1 aliphatic rings. The van der Waals surface area contributed by atoms with E-state index in [9.17, 15) is 9.90 Å². The molecule has 0 aromatic heterocycles. The van der Waals surface area contributed by atoms with Gasteiger partial charge >= 0.3 is 0 Å². The van der Waals surface area contributed by atoms with Gasteiger partial charge in [-0.15, -0.1) is 0 Å². The summed E-state index contributed by atoms with van der Waals surface area (Å²) in [5, 5.41) is 12.7. The van der Waals surface area contributed by atoms with Crippen molar-refractivity contribution in [2.45, 2.75) is 51.7 Å². The quantitative estimate of drug-likeness (QED) is 0.868. The van der Waals surface area contributed by atoms with Crippen molar-refractivity contribution in [1.82, 2.24) is 5.32 Å². The fourth-order valence-corrected chi connectivity index (χ4v) is 2.31. The van der Waals surface area contributed by atoms with E-state index in [-0.39, 0.29) is 24.2 Å². The van der Waals surface area contributed by atoms with Crippen molar-refractivity contribution in [2.75, 3.05) is 6.61 Å². The number of nitrogens with one attached hydrogen (secondary N) is 1. The number of hydrogen-bond acceptors (Lipinski definition) is 3. The largest absolute Gasteiger partial charge is 0.484 e. The second-order valence-corrected chi connectivity index (χ2v) is 5.99. The number of hydrogen-bond donors (Lipinski definition) is 2. The molecule has 1 atom stereocenters. The molecule has 4 nitrogen and oxygen atoms in total. The molecule has 1 amide bonds. The summed E-state index contributed by atoms with van der Waals surface area (Å²) < 4.78 is 5.53. The molecule has 0 unspecified atom stereocenters. The van der Waals surface area contributed by atoms with Gasteiger partial charge in [0.1, 0.15) is 5.75 Å². The highest BCUT2D eigenvalue weighted by Crippen LogP contribution is 2.33. The van der Waals surface area contributed by atoms with Crippen molar-refractivity contribution in [3.63, 3.8) is 0 Å². The van der Waals surface area contributed by atoms with Gasteiger partial charge in [0.2, 0.25) is 0 Å². The van der Waals surface area contributed by atoms with E-state index in [0.29, 0.717) is 5.75 Å². The van der Waals surface area contributed by atoms with Gasteiger partial charge in [-0.1, -0.05) is 13.0 Å². The van der Waals surface area contributed by atoms with Crippen LogP contribution in [0.15, 0.2) is 18.2 Å². The number of benzene rings is 1.